The monoisotopic (exact) mass is 272 g/mol. The fourth-order valence-electron chi connectivity index (χ4n) is 1.37. The second-order valence-electron chi connectivity index (χ2n) is 3.95. The van der Waals surface area contributed by atoms with E-state index in [4.69, 9.17) is 16.2 Å². The molecular weight excluding hydrogens is 256 g/mol. The Morgan fingerprint density at radius 1 is 1.39 bits per heavy atom. The SMILES string of the molecule is CS(=O)(=O)CCCOc1cc(N)ccc1C(N)=O. The van der Waals surface area contributed by atoms with E-state index >= 15 is 0 Å². The number of carbonyl (C=O) groups is 1. The zero-order chi connectivity index (χ0) is 13.8. The van der Waals surface area contributed by atoms with Crippen LogP contribution in [0.25, 0.3) is 0 Å². The summed E-state index contributed by atoms with van der Waals surface area (Å²) in [6, 6.07) is 4.51. The van der Waals surface area contributed by atoms with E-state index in [1.807, 2.05) is 0 Å². The topological polar surface area (TPSA) is 112 Å². The van der Waals surface area contributed by atoms with Gasteiger partial charge in [-0.05, 0) is 18.6 Å². The normalized spacial score (nSPS) is 11.2. The minimum atomic E-state index is -3.01. The molecule has 0 aliphatic carbocycles. The molecule has 0 saturated heterocycles. The Morgan fingerprint density at radius 3 is 2.61 bits per heavy atom. The second kappa shape index (κ2) is 5.72. The van der Waals surface area contributed by atoms with E-state index in [2.05, 4.69) is 0 Å². The second-order valence-corrected chi connectivity index (χ2v) is 6.21. The van der Waals surface area contributed by atoms with Crippen molar-refractivity contribution >= 4 is 21.4 Å². The average Bonchev–Trinajstić information content (AvgIpc) is 2.22. The van der Waals surface area contributed by atoms with Gasteiger partial charge in [-0.15, -0.1) is 0 Å². The fourth-order valence-corrected chi connectivity index (χ4v) is 2.01. The smallest absolute Gasteiger partial charge is 0.252 e. The number of nitrogens with two attached hydrogens (primary N) is 2. The number of hydrogen-bond donors (Lipinski definition) is 2. The number of primary amides is 1. The Bertz CT molecular complexity index is 540. The summed E-state index contributed by atoms with van der Waals surface area (Å²) in [5.74, 6) is -0.314. The molecule has 6 nitrogen and oxygen atoms in total. The van der Waals surface area contributed by atoms with Crippen molar-refractivity contribution < 1.29 is 17.9 Å². The van der Waals surface area contributed by atoms with Gasteiger partial charge in [0.05, 0.1) is 17.9 Å². The molecule has 0 atom stereocenters. The lowest BCUT2D eigenvalue weighted by atomic mass is 10.1. The standard InChI is InChI=1S/C11H16N2O4S/c1-18(15,16)6-2-5-17-10-7-8(12)3-4-9(10)11(13)14/h3-4,7H,2,5-6,12H2,1H3,(H2,13,14). The highest BCUT2D eigenvalue weighted by molar-refractivity contribution is 7.90. The van der Waals surface area contributed by atoms with E-state index in [0.717, 1.165) is 6.26 Å². The molecule has 1 aromatic rings. The van der Waals surface area contributed by atoms with Gasteiger partial charge in [-0.2, -0.15) is 0 Å². The maximum atomic E-state index is 11.1. The number of sulfone groups is 1. The highest BCUT2D eigenvalue weighted by Gasteiger charge is 2.10. The number of anilines is 1. The molecule has 0 saturated carbocycles. The summed E-state index contributed by atoms with van der Waals surface area (Å²) >= 11 is 0. The number of rotatable bonds is 6. The van der Waals surface area contributed by atoms with Gasteiger partial charge in [0.15, 0.2) is 0 Å². The van der Waals surface area contributed by atoms with E-state index in [-0.39, 0.29) is 23.7 Å². The number of ether oxygens (including phenoxy) is 1. The lowest BCUT2D eigenvalue weighted by Gasteiger charge is -2.10. The van der Waals surface area contributed by atoms with Gasteiger partial charge in [0.2, 0.25) is 0 Å². The van der Waals surface area contributed by atoms with Crippen LogP contribution in [0.3, 0.4) is 0 Å². The summed E-state index contributed by atoms with van der Waals surface area (Å²) in [5, 5.41) is 0. The van der Waals surface area contributed by atoms with Crippen LogP contribution in [0.15, 0.2) is 18.2 Å². The van der Waals surface area contributed by atoms with Crippen LogP contribution < -0.4 is 16.2 Å². The van der Waals surface area contributed by atoms with E-state index in [1.54, 1.807) is 6.07 Å². The minimum absolute atomic E-state index is 0.0290. The van der Waals surface area contributed by atoms with Gasteiger partial charge in [-0.25, -0.2) is 8.42 Å². The first kappa shape index (κ1) is 14.3. The van der Waals surface area contributed by atoms with E-state index in [9.17, 15) is 13.2 Å². The van der Waals surface area contributed by atoms with Crippen LogP contribution in [0, 0.1) is 0 Å². The van der Waals surface area contributed by atoms with Crippen molar-refractivity contribution in [2.45, 2.75) is 6.42 Å². The Kier molecular flexibility index (Phi) is 4.55. The molecule has 0 heterocycles. The van der Waals surface area contributed by atoms with Crippen LogP contribution in [0.5, 0.6) is 5.75 Å². The lowest BCUT2D eigenvalue weighted by molar-refractivity contribution is 0.0996. The fraction of sp³-hybridized carbons (Fsp3) is 0.364. The van der Waals surface area contributed by atoms with Gasteiger partial charge in [0.1, 0.15) is 15.6 Å². The van der Waals surface area contributed by atoms with Crippen molar-refractivity contribution in [3.63, 3.8) is 0 Å². The molecule has 1 amide bonds. The average molecular weight is 272 g/mol. The third-order valence-electron chi connectivity index (χ3n) is 2.19. The zero-order valence-electron chi connectivity index (χ0n) is 10.0. The summed E-state index contributed by atoms with van der Waals surface area (Å²) in [6.45, 7) is 0.177. The van der Waals surface area contributed by atoms with E-state index in [1.165, 1.54) is 12.1 Å². The Labute approximate surface area is 106 Å². The summed E-state index contributed by atoms with van der Waals surface area (Å²) < 4.78 is 27.2. The lowest BCUT2D eigenvalue weighted by Crippen LogP contribution is -2.14. The van der Waals surface area contributed by atoms with E-state index in [0.29, 0.717) is 12.1 Å². The van der Waals surface area contributed by atoms with Crippen LogP contribution >= 0.6 is 0 Å². The molecule has 4 N–H and O–H groups in total. The molecule has 0 spiro atoms. The molecule has 1 aromatic carbocycles. The van der Waals surface area contributed by atoms with Crippen molar-refractivity contribution in [2.75, 3.05) is 24.3 Å². The Hall–Kier alpha value is -1.76. The molecule has 0 fully saturated rings. The number of benzene rings is 1. The van der Waals surface area contributed by atoms with Crippen LogP contribution in [-0.4, -0.2) is 32.9 Å². The first-order chi connectivity index (χ1) is 8.29. The number of carbonyl (C=O) groups excluding carboxylic acids is 1. The Morgan fingerprint density at radius 2 is 2.06 bits per heavy atom. The largest absolute Gasteiger partial charge is 0.493 e. The molecule has 0 unspecified atom stereocenters. The Balaban J connectivity index is 2.66. The third kappa shape index (κ3) is 4.62. The summed E-state index contributed by atoms with van der Waals surface area (Å²) in [6.07, 6.45) is 1.49. The minimum Gasteiger partial charge on any atom is -0.493 e. The van der Waals surface area contributed by atoms with Crippen LogP contribution in [-0.2, 0) is 9.84 Å². The summed E-state index contributed by atoms with van der Waals surface area (Å²) in [4.78, 5) is 11.1. The molecule has 0 aromatic heterocycles. The van der Waals surface area contributed by atoms with Gasteiger partial charge in [-0.3, -0.25) is 4.79 Å². The number of nitrogen functional groups attached to an aromatic ring is 1. The van der Waals surface area contributed by atoms with Crippen molar-refractivity contribution in [1.82, 2.24) is 0 Å². The molecule has 0 bridgehead atoms. The zero-order valence-corrected chi connectivity index (χ0v) is 10.9. The van der Waals surface area contributed by atoms with Gasteiger partial charge < -0.3 is 16.2 Å². The van der Waals surface area contributed by atoms with Crippen molar-refractivity contribution in [3.05, 3.63) is 23.8 Å². The van der Waals surface area contributed by atoms with Gasteiger partial charge in [-0.1, -0.05) is 0 Å². The maximum absolute atomic E-state index is 11.1. The molecule has 7 heteroatoms. The molecule has 0 aliphatic rings. The predicted octanol–water partition coefficient (Wildman–Crippen LogP) is 0.181. The third-order valence-corrected chi connectivity index (χ3v) is 3.22. The van der Waals surface area contributed by atoms with Crippen LogP contribution in [0.1, 0.15) is 16.8 Å². The van der Waals surface area contributed by atoms with Crippen molar-refractivity contribution in [1.29, 1.82) is 0 Å². The molecule has 0 aliphatic heterocycles. The van der Waals surface area contributed by atoms with E-state index < -0.39 is 15.7 Å². The van der Waals surface area contributed by atoms with Crippen molar-refractivity contribution in [2.24, 2.45) is 5.73 Å². The first-order valence-corrected chi connectivity index (χ1v) is 7.35. The van der Waals surface area contributed by atoms with Crippen LogP contribution in [0.2, 0.25) is 0 Å². The molecule has 100 valence electrons. The molecule has 0 radical (unpaired) electrons. The quantitative estimate of drug-likeness (QED) is 0.566. The molecular formula is C11H16N2O4S. The van der Waals surface area contributed by atoms with Crippen molar-refractivity contribution in [3.8, 4) is 5.75 Å². The van der Waals surface area contributed by atoms with Gasteiger partial charge >= 0.3 is 0 Å². The van der Waals surface area contributed by atoms with Gasteiger partial charge in [0.25, 0.3) is 5.91 Å². The molecule has 18 heavy (non-hydrogen) atoms. The summed E-state index contributed by atoms with van der Waals surface area (Å²) in [7, 11) is -3.01. The van der Waals surface area contributed by atoms with Gasteiger partial charge in [0, 0.05) is 18.0 Å². The number of hydrogen-bond acceptors (Lipinski definition) is 5. The number of amides is 1. The summed E-state index contributed by atoms with van der Waals surface area (Å²) in [5.41, 5.74) is 11.4. The molecule has 1 rings (SSSR count). The first-order valence-electron chi connectivity index (χ1n) is 5.29. The highest BCUT2D eigenvalue weighted by Crippen LogP contribution is 2.21. The predicted molar refractivity (Wildman–Crippen MR) is 69.2 cm³/mol. The van der Waals surface area contributed by atoms with Crippen LogP contribution in [0.4, 0.5) is 5.69 Å². The highest BCUT2D eigenvalue weighted by atomic mass is 32.2. The maximum Gasteiger partial charge on any atom is 0.252 e.